The number of nitrogens with one attached hydrogen (secondary N) is 1. The van der Waals surface area contributed by atoms with E-state index < -0.39 is 0 Å². The Morgan fingerprint density at radius 2 is 2.00 bits per heavy atom. The van der Waals surface area contributed by atoms with Crippen molar-refractivity contribution < 1.29 is 0 Å². The van der Waals surface area contributed by atoms with Crippen LogP contribution in [0.3, 0.4) is 0 Å². The molecule has 2 aromatic heterocycles. The summed E-state index contributed by atoms with van der Waals surface area (Å²) in [5.41, 5.74) is 1.05. The number of fused-ring (bicyclic) bond motifs is 1. The Balaban J connectivity index is 1.72. The molecule has 1 N–H and O–H groups in total. The van der Waals surface area contributed by atoms with E-state index in [0.29, 0.717) is 6.54 Å². The zero-order chi connectivity index (χ0) is 15.6. The van der Waals surface area contributed by atoms with Gasteiger partial charge in [-0.25, -0.2) is 9.97 Å². The Morgan fingerprint density at radius 1 is 1.14 bits per heavy atom. The van der Waals surface area contributed by atoms with E-state index in [4.69, 9.17) is 0 Å². The maximum Gasteiger partial charge on any atom is 0.152 e. The highest BCUT2D eigenvalue weighted by molar-refractivity contribution is 5.36. The van der Waals surface area contributed by atoms with Gasteiger partial charge in [0.05, 0.1) is 12.2 Å². The van der Waals surface area contributed by atoms with Gasteiger partial charge in [0.15, 0.2) is 5.82 Å². The molecule has 0 atom stereocenters. The first-order chi connectivity index (χ1) is 10.5. The van der Waals surface area contributed by atoms with Gasteiger partial charge >= 0.3 is 0 Å². The summed E-state index contributed by atoms with van der Waals surface area (Å²) in [4.78, 5) is 8.66. The lowest BCUT2D eigenvalue weighted by Crippen LogP contribution is -2.15. The van der Waals surface area contributed by atoms with Crippen molar-refractivity contribution in [2.75, 3.05) is 5.32 Å². The minimum absolute atomic E-state index is 0.0192. The molecule has 3 heterocycles. The molecule has 2 aromatic rings. The molecule has 0 saturated heterocycles. The first kappa shape index (κ1) is 14.9. The third-order valence-corrected chi connectivity index (χ3v) is 4.05. The van der Waals surface area contributed by atoms with E-state index in [0.717, 1.165) is 36.1 Å². The summed E-state index contributed by atoms with van der Waals surface area (Å²) in [6.07, 6.45) is 6.35. The van der Waals surface area contributed by atoms with Gasteiger partial charge in [-0.05, 0) is 12.8 Å². The van der Waals surface area contributed by atoms with Gasteiger partial charge < -0.3 is 9.88 Å². The van der Waals surface area contributed by atoms with Crippen molar-refractivity contribution in [2.24, 2.45) is 0 Å². The summed E-state index contributed by atoms with van der Waals surface area (Å²) in [5, 5.41) is 12.0. The molecule has 0 bridgehead atoms. The van der Waals surface area contributed by atoms with Crippen molar-refractivity contribution in [3.8, 4) is 0 Å². The van der Waals surface area contributed by atoms with Crippen LogP contribution in [0.4, 0.5) is 5.82 Å². The summed E-state index contributed by atoms with van der Waals surface area (Å²) < 4.78 is 2.26. The highest BCUT2D eigenvalue weighted by atomic mass is 15.3. The Hall–Kier alpha value is -1.98. The Morgan fingerprint density at radius 3 is 2.82 bits per heavy atom. The van der Waals surface area contributed by atoms with Gasteiger partial charge in [-0.3, -0.25) is 0 Å². The maximum atomic E-state index is 4.35. The molecular weight excluding hydrogens is 276 g/mol. The molecule has 0 aliphatic carbocycles. The predicted octanol–water partition coefficient (Wildman–Crippen LogP) is 2.70. The summed E-state index contributed by atoms with van der Waals surface area (Å²) in [5.74, 6) is 2.95. The fourth-order valence-electron chi connectivity index (χ4n) is 2.71. The molecule has 0 unspecified atom stereocenters. The predicted molar refractivity (Wildman–Crippen MR) is 85.6 cm³/mol. The molecule has 0 saturated carbocycles. The highest BCUT2D eigenvalue weighted by Gasteiger charge is 2.17. The van der Waals surface area contributed by atoms with E-state index in [-0.39, 0.29) is 5.41 Å². The molecular formula is C16H24N6. The number of aryl methyl sites for hydroxylation is 1. The molecule has 3 rings (SSSR count). The normalized spacial score (nSPS) is 15.2. The molecule has 6 heteroatoms. The van der Waals surface area contributed by atoms with E-state index in [2.05, 4.69) is 50.8 Å². The van der Waals surface area contributed by atoms with Crippen molar-refractivity contribution in [1.29, 1.82) is 0 Å². The Labute approximate surface area is 131 Å². The van der Waals surface area contributed by atoms with Crippen LogP contribution in [-0.2, 0) is 24.9 Å². The van der Waals surface area contributed by atoms with Gasteiger partial charge in [0.25, 0.3) is 0 Å². The zero-order valence-corrected chi connectivity index (χ0v) is 13.6. The summed E-state index contributed by atoms with van der Waals surface area (Å²) in [6, 6.07) is 2.01. The number of hydrogen-bond donors (Lipinski definition) is 1. The van der Waals surface area contributed by atoms with Gasteiger partial charge in [0, 0.05) is 24.4 Å². The minimum Gasteiger partial charge on any atom is -0.363 e. The quantitative estimate of drug-likeness (QED) is 0.944. The lowest BCUT2D eigenvalue weighted by Gasteiger charge is -2.18. The average molecular weight is 300 g/mol. The van der Waals surface area contributed by atoms with E-state index in [1.165, 1.54) is 19.3 Å². The van der Waals surface area contributed by atoms with Crippen molar-refractivity contribution in [3.63, 3.8) is 0 Å². The Kier molecular flexibility index (Phi) is 4.09. The second kappa shape index (κ2) is 6.02. The van der Waals surface area contributed by atoms with Gasteiger partial charge in [-0.1, -0.05) is 27.2 Å². The number of anilines is 1. The maximum absolute atomic E-state index is 4.35. The summed E-state index contributed by atoms with van der Waals surface area (Å²) in [7, 11) is 0. The Bertz CT molecular complexity index is 640. The lowest BCUT2D eigenvalue weighted by molar-refractivity contribution is 0.567. The third kappa shape index (κ3) is 3.26. The standard InChI is InChI=1S/C16H24N6/c1-16(2,3)12-9-13(19-11-18-12)17-10-15-21-20-14-7-5-4-6-8-22(14)15/h9,11H,4-8,10H2,1-3H3,(H,17,18,19). The van der Waals surface area contributed by atoms with Gasteiger partial charge in [0.2, 0.25) is 0 Å². The van der Waals surface area contributed by atoms with Crippen molar-refractivity contribution in [1.82, 2.24) is 24.7 Å². The molecule has 118 valence electrons. The average Bonchev–Trinajstić information content (AvgIpc) is 2.72. The largest absolute Gasteiger partial charge is 0.363 e. The van der Waals surface area contributed by atoms with Gasteiger partial charge in [-0.15, -0.1) is 10.2 Å². The van der Waals surface area contributed by atoms with E-state index in [1.807, 2.05) is 6.07 Å². The molecule has 0 spiro atoms. The summed E-state index contributed by atoms with van der Waals surface area (Å²) >= 11 is 0. The van der Waals surface area contributed by atoms with Crippen molar-refractivity contribution >= 4 is 5.82 Å². The van der Waals surface area contributed by atoms with Crippen LogP contribution in [0.15, 0.2) is 12.4 Å². The first-order valence-electron chi connectivity index (χ1n) is 8.01. The fourth-order valence-corrected chi connectivity index (χ4v) is 2.71. The van der Waals surface area contributed by atoms with Crippen LogP contribution in [0.1, 0.15) is 57.4 Å². The van der Waals surface area contributed by atoms with Crippen LogP contribution >= 0.6 is 0 Å². The number of nitrogens with zero attached hydrogens (tertiary/aromatic N) is 5. The van der Waals surface area contributed by atoms with Crippen LogP contribution in [-0.4, -0.2) is 24.7 Å². The second-order valence-electron chi connectivity index (χ2n) is 6.89. The number of rotatable bonds is 3. The third-order valence-electron chi connectivity index (χ3n) is 4.05. The number of hydrogen-bond acceptors (Lipinski definition) is 5. The molecule has 6 nitrogen and oxygen atoms in total. The molecule has 0 fully saturated rings. The minimum atomic E-state index is 0.0192. The monoisotopic (exact) mass is 300 g/mol. The number of aromatic nitrogens is 5. The fraction of sp³-hybridized carbons (Fsp3) is 0.625. The molecule has 0 aromatic carbocycles. The van der Waals surface area contributed by atoms with E-state index in [9.17, 15) is 0 Å². The van der Waals surface area contributed by atoms with E-state index >= 15 is 0 Å². The SMILES string of the molecule is CC(C)(C)c1cc(NCc2nnc3n2CCCCC3)ncn1. The zero-order valence-electron chi connectivity index (χ0n) is 13.6. The van der Waals surface area contributed by atoms with Crippen LogP contribution < -0.4 is 5.32 Å². The highest BCUT2D eigenvalue weighted by Crippen LogP contribution is 2.21. The molecule has 22 heavy (non-hydrogen) atoms. The molecule has 0 radical (unpaired) electrons. The van der Waals surface area contributed by atoms with Crippen LogP contribution in [0.25, 0.3) is 0 Å². The molecule has 1 aliphatic rings. The van der Waals surface area contributed by atoms with Crippen LogP contribution in [0, 0.1) is 0 Å². The lowest BCUT2D eigenvalue weighted by atomic mass is 9.92. The van der Waals surface area contributed by atoms with E-state index in [1.54, 1.807) is 6.33 Å². The smallest absolute Gasteiger partial charge is 0.152 e. The van der Waals surface area contributed by atoms with Crippen molar-refractivity contribution in [2.45, 2.75) is 65.0 Å². The summed E-state index contributed by atoms with van der Waals surface area (Å²) in [6.45, 7) is 8.12. The van der Waals surface area contributed by atoms with Crippen molar-refractivity contribution in [3.05, 3.63) is 29.7 Å². The van der Waals surface area contributed by atoms with Gasteiger partial charge in [0.1, 0.15) is 18.0 Å². The van der Waals surface area contributed by atoms with Crippen LogP contribution in [0.5, 0.6) is 0 Å². The van der Waals surface area contributed by atoms with Gasteiger partial charge in [-0.2, -0.15) is 0 Å². The first-order valence-corrected chi connectivity index (χ1v) is 8.01. The topological polar surface area (TPSA) is 68.5 Å². The molecule has 1 aliphatic heterocycles. The van der Waals surface area contributed by atoms with Crippen LogP contribution in [0.2, 0.25) is 0 Å². The molecule has 0 amide bonds. The second-order valence-corrected chi connectivity index (χ2v) is 6.89.